The van der Waals surface area contributed by atoms with E-state index in [0.29, 0.717) is 17.9 Å². The molecule has 0 aliphatic carbocycles. The van der Waals surface area contributed by atoms with E-state index in [-0.39, 0.29) is 30.1 Å². The highest BCUT2D eigenvalue weighted by Crippen LogP contribution is 2.20. The van der Waals surface area contributed by atoms with Gasteiger partial charge in [0.1, 0.15) is 0 Å². The highest BCUT2D eigenvalue weighted by Gasteiger charge is 2.30. The van der Waals surface area contributed by atoms with E-state index >= 15 is 0 Å². The minimum absolute atomic E-state index is 0.0874. The van der Waals surface area contributed by atoms with Crippen molar-refractivity contribution in [3.8, 4) is 0 Å². The predicted octanol–water partition coefficient (Wildman–Crippen LogP) is 2.15. The summed E-state index contributed by atoms with van der Waals surface area (Å²) in [5.74, 6) is 0.0899. The molecule has 3 rings (SSSR count). The summed E-state index contributed by atoms with van der Waals surface area (Å²) in [7, 11) is 0. The van der Waals surface area contributed by atoms with Gasteiger partial charge in [-0.3, -0.25) is 19.7 Å². The SMILES string of the molecule is C[C@H]1CCCN(C(=O)c2ccc(C[C@H]3CC(=O)NC3=O)cc2)CC1. The number of carbonyl (C=O) groups is 3. The van der Waals surface area contributed by atoms with Crippen LogP contribution in [0.25, 0.3) is 0 Å². The van der Waals surface area contributed by atoms with E-state index in [1.54, 1.807) is 0 Å². The number of amides is 3. The van der Waals surface area contributed by atoms with Gasteiger partial charge in [-0.2, -0.15) is 0 Å². The second kappa shape index (κ2) is 7.16. The van der Waals surface area contributed by atoms with Crippen LogP contribution in [0, 0.1) is 11.8 Å². The lowest BCUT2D eigenvalue weighted by molar-refractivity contribution is -0.125. The fraction of sp³-hybridized carbons (Fsp3) is 0.526. The van der Waals surface area contributed by atoms with Gasteiger partial charge < -0.3 is 4.90 Å². The van der Waals surface area contributed by atoms with Crippen LogP contribution in [0.4, 0.5) is 0 Å². The molecule has 24 heavy (non-hydrogen) atoms. The molecular weight excluding hydrogens is 304 g/mol. The van der Waals surface area contributed by atoms with Gasteiger partial charge in [0.15, 0.2) is 0 Å². The molecule has 0 aromatic heterocycles. The maximum Gasteiger partial charge on any atom is 0.253 e. The number of rotatable bonds is 3. The number of hydrogen-bond donors (Lipinski definition) is 1. The molecule has 5 nitrogen and oxygen atoms in total. The largest absolute Gasteiger partial charge is 0.339 e. The Morgan fingerprint density at radius 2 is 1.92 bits per heavy atom. The van der Waals surface area contributed by atoms with Crippen LogP contribution in [-0.2, 0) is 16.0 Å². The van der Waals surface area contributed by atoms with Crippen LogP contribution < -0.4 is 5.32 Å². The summed E-state index contributed by atoms with van der Waals surface area (Å²) >= 11 is 0. The highest BCUT2D eigenvalue weighted by atomic mass is 16.2. The number of carbonyl (C=O) groups excluding carboxylic acids is 3. The summed E-state index contributed by atoms with van der Waals surface area (Å²) in [4.78, 5) is 37.5. The van der Waals surface area contributed by atoms with Crippen molar-refractivity contribution in [3.63, 3.8) is 0 Å². The number of nitrogens with one attached hydrogen (secondary N) is 1. The normalized spacial score (nSPS) is 24.6. The van der Waals surface area contributed by atoms with Crippen LogP contribution in [0.15, 0.2) is 24.3 Å². The summed E-state index contributed by atoms with van der Waals surface area (Å²) in [6, 6.07) is 7.45. The zero-order valence-corrected chi connectivity index (χ0v) is 14.1. The second-order valence-corrected chi connectivity index (χ2v) is 7.04. The summed E-state index contributed by atoms with van der Waals surface area (Å²) in [5, 5.41) is 2.33. The van der Waals surface area contributed by atoms with Crippen molar-refractivity contribution in [3.05, 3.63) is 35.4 Å². The van der Waals surface area contributed by atoms with Crippen molar-refractivity contribution in [2.45, 2.75) is 39.0 Å². The Labute approximate surface area is 142 Å². The van der Waals surface area contributed by atoms with Crippen molar-refractivity contribution in [1.82, 2.24) is 10.2 Å². The van der Waals surface area contributed by atoms with Gasteiger partial charge in [-0.1, -0.05) is 19.1 Å². The van der Waals surface area contributed by atoms with Gasteiger partial charge >= 0.3 is 0 Å². The molecule has 2 fully saturated rings. The third-order valence-electron chi connectivity index (χ3n) is 5.05. The molecule has 1 aromatic rings. The summed E-state index contributed by atoms with van der Waals surface area (Å²) in [6.45, 7) is 3.90. The molecule has 128 valence electrons. The molecule has 0 bridgehead atoms. The quantitative estimate of drug-likeness (QED) is 0.865. The molecule has 3 amide bonds. The van der Waals surface area contributed by atoms with E-state index in [2.05, 4.69) is 12.2 Å². The molecule has 0 spiro atoms. The van der Waals surface area contributed by atoms with E-state index in [4.69, 9.17) is 0 Å². The van der Waals surface area contributed by atoms with Crippen molar-refractivity contribution >= 4 is 17.7 Å². The van der Waals surface area contributed by atoms with E-state index < -0.39 is 0 Å². The van der Waals surface area contributed by atoms with E-state index in [1.807, 2.05) is 29.2 Å². The molecule has 2 aliphatic heterocycles. The number of imide groups is 1. The molecule has 2 aliphatic rings. The van der Waals surface area contributed by atoms with Gasteiger partial charge in [-0.25, -0.2) is 0 Å². The maximum atomic E-state index is 12.6. The predicted molar refractivity (Wildman–Crippen MR) is 90.3 cm³/mol. The molecule has 2 atom stereocenters. The topological polar surface area (TPSA) is 66.5 Å². The van der Waals surface area contributed by atoms with Crippen LogP contribution in [0.2, 0.25) is 0 Å². The monoisotopic (exact) mass is 328 g/mol. The highest BCUT2D eigenvalue weighted by molar-refractivity contribution is 6.03. The Morgan fingerprint density at radius 1 is 1.17 bits per heavy atom. The fourth-order valence-electron chi connectivity index (χ4n) is 3.49. The van der Waals surface area contributed by atoms with Crippen molar-refractivity contribution in [2.75, 3.05) is 13.1 Å². The minimum Gasteiger partial charge on any atom is -0.339 e. The van der Waals surface area contributed by atoms with Gasteiger partial charge in [0.25, 0.3) is 5.91 Å². The van der Waals surface area contributed by atoms with E-state index in [1.165, 1.54) is 6.42 Å². The Bertz CT molecular complexity index is 639. The lowest BCUT2D eigenvalue weighted by atomic mass is 9.97. The first-order valence-corrected chi connectivity index (χ1v) is 8.75. The number of benzene rings is 1. The van der Waals surface area contributed by atoms with Crippen LogP contribution in [-0.4, -0.2) is 35.7 Å². The van der Waals surface area contributed by atoms with Gasteiger partial charge in [0, 0.05) is 25.1 Å². The van der Waals surface area contributed by atoms with Crippen LogP contribution in [0.3, 0.4) is 0 Å². The number of nitrogens with zero attached hydrogens (tertiary/aromatic N) is 1. The van der Waals surface area contributed by atoms with Gasteiger partial charge in [-0.05, 0) is 49.3 Å². The summed E-state index contributed by atoms with van der Waals surface area (Å²) < 4.78 is 0. The summed E-state index contributed by atoms with van der Waals surface area (Å²) in [6.07, 6.45) is 4.11. The van der Waals surface area contributed by atoms with E-state index in [0.717, 1.165) is 31.5 Å². The molecule has 0 saturated carbocycles. The first kappa shape index (κ1) is 16.7. The standard InChI is InChI=1S/C19H24N2O3/c1-13-3-2-9-21(10-8-13)19(24)15-6-4-14(5-7-15)11-16-12-17(22)20-18(16)23/h4-7,13,16H,2-3,8-12H2,1H3,(H,20,22,23)/t13-,16-/m0/s1. The molecule has 0 radical (unpaired) electrons. The molecule has 1 aromatic carbocycles. The van der Waals surface area contributed by atoms with Crippen LogP contribution in [0.1, 0.15) is 48.5 Å². The lowest BCUT2D eigenvalue weighted by Crippen LogP contribution is -2.32. The lowest BCUT2D eigenvalue weighted by Gasteiger charge is -2.20. The van der Waals surface area contributed by atoms with Gasteiger partial charge in [0.2, 0.25) is 11.8 Å². The second-order valence-electron chi connectivity index (χ2n) is 7.04. The number of hydrogen-bond acceptors (Lipinski definition) is 3. The minimum atomic E-state index is -0.286. The Balaban J connectivity index is 1.62. The first-order valence-electron chi connectivity index (χ1n) is 8.75. The fourth-order valence-corrected chi connectivity index (χ4v) is 3.49. The third-order valence-corrected chi connectivity index (χ3v) is 5.05. The Morgan fingerprint density at radius 3 is 2.58 bits per heavy atom. The van der Waals surface area contributed by atoms with Crippen molar-refractivity contribution in [1.29, 1.82) is 0 Å². The zero-order chi connectivity index (χ0) is 17.1. The smallest absolute Gasteiger partial charge is 0.253 e. The van der Waals surface area contributed by atoms with Crippen LogP contribution in [0.5, 0.6) is 0 Å². The average Bonchev–Trinajstić information content (AvgIpc) is 2.74. The first-order chi connectivity index (χ1) is 11.5. The molecular formula is C19H24N2O3. The molecule has 2 heterocycles. The third kappa shape index (κ3) is 3.83. The zero-order valence-electron chi connectivity index (χ0n) is 14.1. The maximum absolute atomic E-state index is 12.6. The van der Waals surface area contributed by atoms with Gasteiger partial charge in [0.05, 0.1) is 5.92 Å². The number of likely N-dealkylation sites (tertiary alicyclic amines) is 1. The molecule has 5 heteroatoms. The Kier molecular flexibility index (Phi) is 4.97. The van der Waals surface area contributed by atoms with Crippen molar-refractivity contribution in [2.24, 2.45) is 11.8 Å². The average molecular weight is 328 g/mol. The molecule has 1 N–H and O–H groups in total. The molecule has 0 unspecified atom stereocenters. The molecule has 2 saturated heterocycles. The van der Waals surface area contributed by atoms with Gasteiger partial charge in [-0.15, -0.1) is 0 Å². The van der Waals surface area contributed by atoms with Crippen molar-refractivity contribution < 1.29 is 14.4 Å². The van der Waals surface area contributed by atoms with E-state index in [9.17, 15) is 14.4 Å². The van der Waals surface area contributed by atoms with Crippen LogP contribution >= 0.6 is 0 Å². The summed E-state index contributed by atoms with van der Waals surface area (Å²) in [5.41, 5.74) is 1.67. The Hall–Kier alpha value is -2.17.